The van der Waals surface area contributed by atoms with Crippen LogP contribution in [0.3, 0.4) is 0 Å². The molecule has 2 aromatic rings. The van der Waals surface area contributed by atoms with E-state index in [0.29, 0.717) is 16.5 Å². The maximum absolute atomic E-state index is 12.1. The van der Waals surface area contributed by atoms with E-state index in [1.165, 1.54) is 6.33 Å². The zero-order valence-electron chi connectivity index (χ0n) is 14.2. The third-order valence-electron chi connectivity index (χ3n) is 4.35. The number of ether oxygens (including phenoxy) is 2. The van der Waals surface area contributed by atoms with Gasteiger partial charge in [-0.3, -0.25) is 0 Å². The molecule has 1 aromatic carbocycles. The van der Waals surface area contributed by atoms with Crippen molar-refractivity contribution in [3.63, 3.8) is 0 Å². The Morgan fingerprint density at radius 2 is 1.80 bits per heavy atom. The Hall–Kier alpha value is -2.14. The molecule has 0 bridgehead atoms. The maximum Gasteiger partial charge on any atom is 0.338 e. The Bertz CT molecular complexity index is 716. The highest BCUT2D eigenvalue weighted by molar-refractivity contribution is 6.32. The minimum Gasteiger partial charge on any atom is -0.473 e. The van der Waals surface area contributed by atoms with Gasteiger partial charge in [0.25, 0.3) is 0 Å². The van der Waals surface area contributed by atoms with Crippen LogP contribution in [0.2, 0.25) is 5.02 Å². The molecule has 6 heteroatoms. The summed E-state index contributed by atoms with van der Waals surface area (Å²) in [7, 11) is 0. The molecule has 0 atom stereocenters. The van der Waals surface area contributed by atoms with Crippen LogP contribution in [-0.2, 0) is 11.2 Å². The van der Waals surface area contributed by atoms with Crippen LogP contribution in [-0.4, -0.2) is 28.1 Å². The number of halogens is 1. The van der Waals surface area contributed by atoms with Gasteiger partial charge in [0, 0.05) is 0 Å². The third-order valence-corrected chi connectivity index (χ3v) is 4.73. The molecule has 5 nitrogen and oxygen atoms in total. The number of hydrogen-bond donors (Lipinski definition) is 0. The van der Waals surface area contributed by atoms with Crippen molar-refractivity contribution in [2.45, 2.75) is 51.2 Å². The number of hydrogen-bond acceptors (Lipinski definition) is 5. The van der Waals surface area contributed by atoms with E-state index >= 15 is 0 Å². The Labute approximate surface area is 152 Å². The lowest BCUT2D eigenvalue weighted by Gasteiger charge is -2.28. The number of carbonyl (C=O) groups excluding carboxylic acids is 1. The summed E-state index contributed by atoms with van der Waals surface area (Å²) < 4.78 is 11.5. The van der Waals surface area contributed by atoms with Crippen molar-refractivity contribution >= 4 is 17.6 Å². The number of benzene rings is 1. The fraction of sp³-hybridized carbons (Fsp3) is 0.421. The van der Waals surface area contributed by atoms with E-state index in [1.807, 2.05) is 25.1 Å². The van der Waals surface area contributed by atoms with Gasteiger partial charge in [-0.1, -0.05) is 36.7 Å². The molecule has 0 radical (unpaired) electrons. The van der Waals surface area contributed by atoms with E-state index in [1.54, 1.807) is 12.1 Å². The van der Waals surface area contributed by atoms with Gasteiger partial charge in [-0.2, -0.15) is 0 Å². The van der Waals surface area contributed by atoms with Gasteiger partial charge in [-0.05, 0) is 44.2 Å². The predicted molar refractivity (Wildman–Crippen MR) is 94.9 cm³/mol. The number of nitrogens with zero attached hydrogens (tertiary/aromatic N) is 2. The Morgan fingerprint density at radius 3 is 2.48 bits per heavy atom. The van der Waals surface area contributed by atoms with Gasteiger partial charge >= 0.3 is 5.97 Å². The first-order valence-electron chi connectivity index (χ1n) is 8.59. The molecule has 1 fully saturated rings. The monoisotopic (exact) mass is 360 g/mol. The number of aromatic nitrogens is 2. The van der Waals surface area contributed by atoms with Crippen molar-refractivity contribution in [2.75, 3.05) is 0 Å². The van der Waals surface area contributed by atoms with Crippen molar-refractivity contribution < 1.29 is 14.3 Å². The van der Waals surface area contributed by atoms with Gasteiger partial charge in [-0.25, -0.2) is 14.8 Å². The Kier molecular flexibility index (Phi) is 5.87. The lowest BCUT2D eigenvalue weighted by Crippen LogP contribution is -2.30. The molecule has 1 heterocycles. The molecule has 132 valence electrons. The molecular weight excluding hydrogens is 340 g/mol. The lowest BCUT2D eigenvalue weighted by molar-refractivity contribution is 0.00777. The first-order chi connectivity index (χ1) is 12.2. The van der Waals surface area contributed by atoms with Crippen LogP contribution in [0.25, 0.3) is 0 Å². The summed E-state index contributed by atoms with van der Waals surface area (Å²) in [6.45, 7) is 1.99. The Morgan fingerprint density at radius 1 is 1.12 bits per heavy atom. The average molecular weight is 361 g/mol. The quantitative estimate of drug-likeness (QED) is 0.746. The molecule has 3 rings (SSSR count). The minimum absolute atomic E-state index is 0.0313. The largest absolute Gasteiger partial charge is 0.473 e. The van der Waals surface area contributed by atoms with Crippen molar-refractivity contribution in [3.05, 3.63) is 52.9 Å². The summed E-state index contributed by atoms with van der Waals surface area (Å²) in [5.74, 6) is 0.176. The molecule has 0 saturated heterocycles. The second-order valence-electron chi connectivity index (χ2n) is 6.08. The summed E-state index contributed by atoms with van der Waals surface area (Å²) in [6.07, 6.45) is 5.32. The van der Waals surface area contributed by atoms with Crippen molar-refractivity contribution in [1.82, 2.24) is 9.97 Å². The van der Waals surface area contributed by atoms with E-state index in [9.17, 15) is 4.79 Å². The fourth-order valence-electron chi connectivity index (χ4n) is 2.94. The Balaban J connectivity index is 1.51. The molecule has 0 spiro atoms. The van der Waals surface area contributed by atoms with Crippen LogP contribution < -0.4 is 4.74 Å². The third kappa shape index (κ3) is 4.48. The topological polar surface area (TPSA) is 61.3 Å². The maximum atomic E-state index is 12.1. The number of aryl methyl sites for hydroxylation is 1. The highest BCUT2D eigenvalue weighted by Gasteiger charge is 2.26. The smallest absolute Gasteiger partial charge is 0.338 e. The second-order valence-corrected chi connectivity index (χ2v) is 6.46. The summed E-state index contributed by atoms with van der Waals surface area (Å²) in [5.41, 5.74) is 1.37. The standard InChI is InChI=1S/C19H21ClN2O3/c1-2-16-17(20)18(22-12-21-16)24-14-8-10-15(11-9-14)25-19(23)13-6-4-3-5-7-13/h3-7,12,14-15H,2,8-11H2,1H3/t14-,15+. The summed E-state index contributed by atoms with van der Waals surface area (Å²) in [4.78, 5) is 20.4. The normalized spacial score (nSPS) is 20.1. The predicted octanol–water partition coefficient (Wildman–Crippen LogP) is 4.24. The molecule has 1 aliphatic carbocycles. The van der Waals surface area contributed by atoms with Gasteiger partial charge < -0.3 is 9.47 Å². The lowest BCUT2D eigenvalue weighted by atomic mass is 9.95. The first kappa shape index (κ1) is 17.7. The van der Waals surface area contributed by atoms with Crippen molar-refractivity contribution in [3.8, 4) is 5.88 Å². The molecule has 1 saturated carbocycles. The van der Waals surface area contributed by atoms with E-state index in [2.05, 4.69) is 9.97 Å². The molecule has 0 aliphatic heterocycles. The summed E-state index contributed by atoms with van der Waals surface area (Å²) >= 11 is 6.27. The van der Waals surface area contributed by atoms with Gasteiger partial charge in [0.15, 0.2) is 0 Å². The van der Waals surface area contributed by atoms with Crippen LogP contribution in [0.5, 0.6) is 5.88 Å². The SMILES string of the molecule is CCc1ncnc(O[C@H]2CC[C@@H](OC(=O)c3ccccc3)CC2)c1Cl. The van der Waals surface area contributed by atoms with Gasteiger partial charge in [0.2, 0.25) is 5.88 Å². The molecule has 1 aromatic heterocycles. The molecule has 0 N–H and O–H groups in total. The molecule has 0 amide bonds. The van der Waals surface area contributed by atoms with Crippen LogP contribution in [0.4, 0.5) is 0 Å². The van der Waals surface area contributed by atoms with E-state index in [-0.39, 0.29) is 18.2 Å². The highest BCUT2D eigenvalue weighted by atomic mass is 35.5. The molecule has 1 aliphatic rings. The molecular formula is C19H21ClN2O3. The number of esters is 1. The van der Waals surface area contributed by atoms with E-state index < -0.39 is 0 Å². The molecule has 0 unspecified atom stereocenters. The summed E-state index contributed by atoms with van der Waals surface area (Å²) in [5, 5.41) is 0.489. The average Bonchev–Trinajstić information content (AvgIpc) is 2.65. The second kappa shape index (κ2) is 8.30. The number of carbonyl (C=O) groups is 1. The summed E-state index contributed by atoms with van der Waals surface area (Å²) in [6, 6.07) is 9.06. The van der Waals surface area contributed by atoms with E-state index in [0.717, 1.165) is 37.8 Å². The number of rotatable bonds is 5. The van der Waals surface area contributed by atoms with Crippen LogP contribution >= 0.6 is 11.6 Å². The van der Waals surface area contributed by atoms with Crippen molar-refractivity contribution in [1.29, 1.82) is 0 Å². The van der Waals surface area contributed by atoms with Gasteiger partial charge in [0.05, 0.1) is 11.3 Å². The highest BCUT2D eigenvalue weighted by Crippen LogP contribution is 2.30. The zero-order valence-corrected chi connectivity index (χ0v) is 14.9. The first-order valence-corrected chi connectivity index (χ1v) is 8.97. The fourth-order valence-corrected chi connectivity index (χ4v) is 3.21. The van der Waals surface area contributed by atoms with Crippen LogP contribution in [0.1, 0.15) is 48.7 Å². The van der Waals surface area contributed by atoms with Crippen molar-refractivity contribution in [2.24, 2.45) is 0 Å². The minimum atomic E-state index is -0.267. The van der Waals surface area contributed by atoms with Crippen LogP contribution in [0.15, 0.2) is 36.7 Å². The van der Waals surface area contributed by atoms with Crippen LogP contribution in [0, 0.1) is 0 Å². The zero-order chi connectivity index (χ0) is 17.6. The van der Waals surface area contributed by atoms with E-state index in [4.69, 9.17) is 21.1 Å². The molecule has 25 heavy (non-hydrogen) atoms. The van der Waals surface area contributed by atoms with Gasteiger partial charge in [0.1, 0.15) is 23.6 Å². The van der Waals surface area contributed by atoms with Gasteiger partial charge in [-0.15, -0.1) is 0 Å².